The summed E-state index contributed by atoms with van der Waals surface area (Å²) in [4.78, 5) is 11.6. The second kappa shape index (κ2) is 14.9. The van der Waals surface area contributed by atoms with E-state index < -0.39 is 30.8 Å². The summed E-state index contributed by atoms with van der Waals surface area (Å²) in [6, 6.07) is 0. The maximum Gasteiger partial charge on any atom is 0.251 e. The summed E-state index contributed by atoms with van der Waals surface area (Å²) in [6.45, 7) is 1.95. The Bertz CT molecular complexity index is 288. The lowest BCUT2D eigenvalue weighted by Gasteiger charge is -2.20. The van der Waals surface area contributed by atoms with E-state index in [-0.39, 0.29) is 0 Å². The second-order valence-electron chi connectivity index (χ2n) is 6.16. The molecule has 0 spiro atoms. The van der Waals surface area contributed by atoms with Crippen LogP contribution < -0.4 is 5.32 Å². The summed E-state index contributed by atoms with van der Waals surface area (Å²) in [6.07, 6.45) is 7.11. The molecule has 0 aromatic heterocycles. The molecule has 0 aliphatic rings. The molecule has 0 bridgehead atoms. The van der Waals surface area contributed by atoms with Gasteiger partial charge in [0.1, 0.15) is 12.2 Å². The number of amides is 1. The van der Waals surface area contributed by atoms with Crippen LogP contribution in [0.15, 0.2) is 0 Å². The summed E-state index contributed by atoms with van der Waals surface area (Å²) < 4.78 is 0. The zero-order valence-electron chi connectivity index (χ0n) is 14.4. The Morgan fingerprint density at radius 1 is 0.870 bits per heavy atom. The Morgan fingerprint density at radius 3 is 1.83 bits per heavy atom. The van der Waals surface area contributed by atoms with Crippen molar-refractivity contribution in [1.29, 1.82) is 0 Å². The van der Waals surface area contributed by atoms with Gasteiger partial charge in [-0.2, -0.15) is 0 Å². The van der Waals surface area contributed by atoms with E-state index in [1.807, 2.05) is 0 Å². The fraction of sp³-hybridized carbons (Fsp3) is 0.941. The minimum Gasteiger partial charge on any atom is -0.394 e. The van der Waals surface area contributed by atoms with E-state index in [2.05, 4.69) is 12.2 Å². The van der Waals surface area contributed by atoms with Crippen LogP contribution in [0.3, 0.4) is 0 Å². The fourth-order valence-corrected chi connectivity index (χ4v) is 2.40. The number of hydrogen-bond acceptors (Lipinski definition) is 5. The minimum absolute atomic E-state index is 0.439. The summed E-state index contributed by atoms with van der Waals surface area (Å²) >= 11 is 0. The highest BCUT2D eigenvalue weighted by atomic mass is 16.4. The van der Waals surface area contributed by atoms with Crippen LogP contribution in [0.4, 0.5) is 0 Å². The average Bonchev–Trinajstić information content (AvgIpc) is 2.57. The molecular weight excluding hydrogens is 298 g/mol. The predicted octanol–water partition coefficient (Wildman–Crippen LogP) is 1.10. The summed E-state index contributed by atoms with van der Waals surface area (Å²) in [5.74, 6) is -0.721. The summed E-state index contributed by atoms with van der Waals surface area (Å²) in [7, 11) is 0. The third-order valence-corrected chi connectivity index (χ3v) is 4.00. The van der Waals surface area contributed by atoms with Gasteiger partial charge in [0.15, 0.2) is 6.10 Å². The Hall–Kier alpha value is -0.690. The zero-order valence-corrected chi connectivity index (χ0v) is 14.4. The second-order valence-corrected chi connectivity index (χ2v) is 6.16. The third kappa shape index (κ3) is 11.5. The van der Waals surface area contributed by atoms with Crippen molar-refractivity contribution in [3.8, 4) is 0 Å². The first kappa shape index (κ1) is 22.3. The molecular formula is C17H35NO5. The lowest BCUT2D eigenvalue weighted by atomic mass is 10.1. The van der Waals surface area contributed by atoms with Crippen LogP contribution in [0.1, 0.15) is 71.1 Å². The standard InChI is InChI=1S/C17H35NO5/c1-2-3-4-5-6-7-8-9-10-11-12-18-17(23)16(22)15(21)14(20)13-19/h14-16,19-22H,2-13H2,1H3,(H,18,23)/t14-,15+,16+/m0/s1. The van der Waals surface area contributed by atoms with E-state index in [0.29, 0.717) is 6.54 Å². The van der Waals surface area contributed by atoms with Gasteiger partial charge >= 0.3 is 0 Å². The van der Waals surface area contributed by atoms with Crippen LogP contribution in [-0.4, -0.2) is 57.8 Å². The van der Waals surface area contributed by atoms with Gasteiger partial charge in [0.05, 0.1) is 6.61 Å². The number of nitrogens with one attached hydrogen (secondary N) is 1. The Kier molecular flexibility index (Phi) is 14.4. The van der Waals surface area contributed by atoms with Crippen molar-refractivity contribution in [3.05, 3.63) is 0 Å². The van der Waals surface area contributed by atoms with Gasteiger partial charge in [-0.15, -0.1) is 0 Å². The maximum atomic E-state index is 11.6. The van der Waals surface area contributed by atoms with E-state index in [1.165, 1.54) is 44.9 Å². The van der Waals surface area contributed by atoms with Crippen LogP contribution in [0.25, 0.3) is 0 Å². The number of aliphatic hydroxyl groups is 4. The molecule has 0 unspecified atom stereocenters. The van der Waals surface area contributed by atoms with Crippen LogP contribution in [0.2, 0.25) is 0 Å². The Balaban J connectivity index is 3.48. The molecule has 0 fully saturated rings. The van der Waals surface area contributed by atoms with Gasteiger partial charge in [0.25, 0.3) is 5.91 Å². The number of hydrogen-bond donors (Lipinski definition) is 5. The lowest BCUT2D eigenvalue weighted by Crippen LogP contribution is -2.48. The predicted molar refractivity (Wildman–Crippen MR) is 90.0 cm³/mol. The number of carbonyl (C=O) groups is 1. The summed E-state index contributed by atoms with van der Waals surface area (Å²) in [5.41, 5.74) is 0. The van der Waals surface area contributed by atoms with Crippen molar-refractivity contribution in [2.75, 3.05) is 13.2 Å². The van der Waals surface area contributed by atoms with E-state index in [4.69, 9.17) is 10.2 Å². The molecule has 0 aliphatic heterocycles. The number of rotatable bonds is 15. The van der Waals surface area contributed by atoms with Crippen LogP contribution in [0.5, 0.6) is 0 Å². The molecule has 3 atom stereocenters. The lowest BCUT2D eigenvalue weighted by molar-refractivity contribution is -0.142. The highest BCUT2D eigenvalue weighted by Gasteiger charge is 2.29. The molecule has 5 N–H and O–H groups in total. The highest BCUT2D eigenvalue weighted by Crippen LogP contribution is 2.10. The van der Waals surface area contributed by atoms with Gasteiger partial charge in [0, 0.05) is 6.54 Å². The van der Waals surface area contributed by atoms with Crippen LogP contribution in [-0.2, 0) is 4.79 Å². The monoisotopic (exact) mass is 333 g/mol. The van der Waals surface area contributed by atoms with Gasteiger partial charge in [-0.1, -0.05) is 64.7 Å². The molecule has 138 valence electrons. The van der Waals surface area contributed by atoms with Crippen molar-refractivity contribution in [1.82, 2.24) is 5.32 Å². The SMILES string of the molecule is CCCCCCCCCCCCNC(=O)[C@H](O)[C@H](O)[C@@H](O)CO. The largest absolute Gasteiger partial charge is 0.394 e. The van der Waals surface area contributed by atoms with Crippen molar-refractivity contribution in [2.24, 2.45) is 0 Å². The van der Waals surface area contributed by atoms with E-state index >= 15 is 0 Å². The van der Waals surface area contributed by atoms with E-state index in [9.17, 15) is 15.0 Å². The van der Waals surface area contributed by atoms with Crippen molar-refractivity contribution >= 4 is 5.91 Å². The first-order valence-electron chi connectivity index (χ1n) is 8.97. The van der Waals surface area contributed by atoms with Gasteiger partial charge in [-0.3, -0.25) is 4.79 Å². The van der Waals surface area contributed by atoms with Crippen LogP contribution >= 0.6 is 0 Å². The fourth-order valence-electron chi connectivity index (χ4n) is 2.40. The van der Waals surface area contributed by atoms with Gasteiger partial charge in [-0.25, -0.2) is 0 Å². The number of carbonyl (C=O) groups excluding carboxylic acids is 1. The Morgan fingerprint density at radius 2 is 1.35 bits per heavy atom. The molecule has 0 aromatic carbocycles. The van der Waals surface area contributed by atoms with Gasteiger partial charge < -0.3 is 25.7 Å². The normalized spacial score (nSPS) is 15.2. The summed E-state index contributed by atoms with van der Waals surface area (Å²) in [5, 5.41) is 39.3. The van der Waals surface area contributed by atoms with Crippen LogP contribution in [0, 0.1) is 0 Å². The number of aliphatic hydroxyl groups excluding tert-OH is 4. The molecule has 0 saturated carbocycles. The smallest absolute Gasteiger partial charge is 0.251 e. The average molecular weight is 333 g/mol. The zero-order chi connectivity index (χ0) is 17.5. The minimum atomic E-state index is -1.72. The molecule has 6 nitrogen and oxygen atoms in total. The third-order valence-electron chi connectivity index (χ3n) is 4.00. The molecule has 0 aromatic rings. The highest BCUT2D eigenvalue weighted by molar-refractivity contribution is 5.81. The molecule has 1 amide bonds. The van der Waals surface area contributed by atoms with Crippen molar-refractivity contribution in [2.45, 2.75) is 89.4 Å². The number of unbranched alkanes of at least 4 members (excludes halogenated alkanes) is 9. The van der Waals surface area contributed by atoms with E-state index in [1.54, 1.807) is 0 Å². The molecule has 23 heavy (non-hydrogen) atoms. The molecule has 0 aliphatic carbocycles. The quantitative estimate of drug-likeness (QED) is 0.288. The van der Waals surface area contributed by atoms with Gasteiger partial charge in [0.2, 0.25) is 0 Å². The maximum absolute atomic E-state index is 11.6. The van der Waals surface area contributed by atoms with E-state index in [0.717, 1.165) is 19.3 Å². The topological polar surface area (TPSA) is 110 Å². The molecule has 0 saturated heterocycles. The molecule has 6 heteroatoms. The first-order chi connectivity index (χ1) is 11.0. The molecule has 0 radical (unpaired) electrons. The van der Waals surface area contributed by atoms with Crippen molar-refractivity contribution in [3.63, 3.8) is 0 Å². The first-order valence-corrected chi connectivity index (χ1v) is 8.97. The van der Waals surface area contributed by atoms with Crippen molar-refractivity contribution < 1.29 is 25.2 Å². The Labute approximate surface area is 139 Å². The molecule has 0 rings (SSSR count). The molecule has 0 heterocycles. The van der Waals surface area contributed by atoms with Gasteiger partial charge in [-0.05, 0) is 6.42 Å².